The van der Waals surface area contributed by atoms with Gasteiger partial charge in [-0.05, 0) is 55.8 Å². The highest BCUT2D eigenvalue weighted by atomic mass is 16.5. The van der Waals surface area contributed by atoms with Gasteiger partial charge < -0.3 is 14.8 Å². The van der Waals surface area contributed by atoms with E-state index in [0.717, 1.165) is 5.56 Å². The molecule has 23 heavy (non-hydrogen) atoms. The zero-order chi connectivity index (χ0) is 16.8. The van der Waals surface area contributed by atoms with Crippen molar-refractivity contribution in [2.24, 2.45) is 0 Å². The quantitative estimate of drug-likeness (QED) is 0.859. The molecule has 2 aromatic carbocycles. The topological polar surface area (TPSA) is 64.6 Å². The summed E-state index contributed by atoms with van der Waals surface area (Å²) >= 11 is 0. The number of nitrogens with one attached hydrogen (secondary N) is 1. The zero-order valence-electron chi connectivity index (χ0n) is 13.4. The first-order chi connectivity index (χ1) is 11.0. The van der Waals surface area contributed by atoms with Crippen molar-refractivity contribution in [1.82, 2.24) is 0 Å². The van der Waals surface area contributed by atoms with Crippen molar-refractivity contribution < 1.29 is 19.1 Å². The molecule has 0 saturated carbocycles. The van der Waals surface area contributed by atoms with Gasteiger partial charge in [-0.2, -0.15) is 0 Å². The minimum atomic E-state index is -0.443. The van der Waals surface area contributed by atoms with Crippen LogP contribution in [0.15, 0.2) is 42.5 Å². The minimum absolute atomic E-state index is 0.252. The van der Waals surface area contributed by atoms with Gasteiger partial charge in [-0.15, -0.1) is 0 Å². The van der Waals surface area contributed by atoms with Crippen LogP contribution in [-0.2, 0) is 4.74 Å². The number of amides is 1. The van der Waals surface area contributed by atoms with Gasteiger partial charge in [0, 0.05) is 11.3 Å². The Balaban J connectivity index is 2.17. The molecule has 0 aliphatic carbocycles. The first-order valence-corrected chi connectivity index (χ1v) is 7.28. The molecule has 0 fully saturated rings. The number of benzene rings is 2. The van der Waals surface area contributed by atoms with Gasteiger partial charge in [0.05, 0.1) is 19.3 Å². The largest absolute Gasteiger partial charge is 0.494 e. The summed E-state index contributed by atoms with van der Waals surface area (Å²) in [5, 5.41) is 2.81. The van der Waals surface area contributed by atoms with Crippen LogP contribution < -0.4 is 10.1 Å². The Bertz CT molecular complexity index is 707. The fourth-order valence-electron chi connectivity index (χ4n) is 2.07. The summed E-state index contributed by atoms with van der Waals surface area (Å²) in [4.78, 5) is 23.9. The normalized spacial score (nSPS) is 10.0. The van der Waals surface area contributed by atoms with E-state index in [0.29, 0.717) is 29.2 Å². The number of esters is 1. The van der Waals surface area contributed by atoms with E-state index in [4.69, 9.17) is 9.47 Å². The molecule has 0 unspecified atom stereocenters. The van der Waals surface area contributed by atoms with E-state index in [-0.39, 0.29) is 5.91 Å². The van der Waals surface area contributed by atoms with Gasteiger partial charge in [-0.25, -0.2) is 4.79 Å². The summed E-state index contributed by atoms with van der Waals surface area (Å²) in [6, 6.07) is 11.9. The van der Waals surface area contributed by atoms with Crippen LogP contribution in [0.3, 0.4) is 0 Å². The van der Waals surface area contributed by atoms with Crippen LogP contribution in [-0.4, -0.2) is 25.6 Å². The third-order valence-corrected chi connectivity index (χ3v) is 3.33. The summed E-state index contributed by atoms with van der Waals surface area (Å²) < 4.78 is 10.0. The van der Waals surface area contributed by atoms with Gasteiger partial charge in [0.15, 0.2) is 0 Å². The van der Waals surface area contributed by atoms with E-state index in [1.165, 1.54) is 7.11 Å². The molecule has 5 nitrogen and oxygen atoms in total. The first-order valence-electron chi connectivity index (χ1n) is 7.28. The van der Waals surface area contributed by atoms with Crippen molar-refractivity contribution in [1.29, 1.82) is 0 Å². The van der Waals surface area contributed by atoms with E-state index in [1.54, 1.807) is 42.5 Å². The molecule has 120 valence electrons. The number of aryl methyl sites for hydroxylation is 1. The Morgan fingerprint density at radius 3 is 2.30 bits per heavy atom. The molecule has 5 heteroatoms. The number of hydrogen-bond acceptors (Lipinski definition) is 4. The first kappa shape index (κ1) is 16.5. The maximum absolute atomic E-state index is 12.3. The predicted molar refractivity (Wildman–Crippen MR) is 88.1 cm³/mol. The third kappa shape index (κ3) is 4.10. The Labute approximate surface area is 135 Å². The van der Waals surface area contributed by atoms with Gasteiger partial charge in [0.25, 0.3) is 5.91 Å². The van der Waals surface area contributed by atoms with Crippen molar-refractivity contribution in [3.05, 3.63) is 59.2 Å². The number of carbonyl (C=O) groups is 2. The SMILES string of the molecule is CCOc1ccc(C(=O)Nc2cc(C(=O)OC)ccc2C)cc1. The van der Waals surface area contributed by atoms with Crippen molar-refractivity contribution >= 4 is 17.6 Å². The number of methoxy groups -OCH3 is 1. The second-order valence-corrected chi connectivity index (χ2v) is 4.93. The lowest BCUT2D eigenvalue weighted by Gasteiger charge is -2.10. The Hall–Kier alpha value is -2.82. The highest BCUT2D eigenvalue weighted by Gasteiger charge is 2.11. The van der Waals surface area contributed by atoms with Crippen LogP contribution >= 0.6 is 0 Å². The van der Waals surface area contributed by atoms with Gasteiger partial charge in [0.1, 0.15) is 5.75 Å². The summed E-state index contributed by atoms with van der Waals surface area (Å²) in [6.45, 7) is 4.33. The molecule has 0 saturated heterocycles. The van der Waals surface area contributed by atoms with Crippen LogP contribution in [0.2, 0.25) is 0 Å². The molecule has 0 aliphatic heterocycles. The summed E-state index contributed by atoms with van der Waals surface area (Å²) in [6.07, 6.45) is 0. The smallest absolute Gasteiger partial charge is 0.337 e. The lowest BCUT2D eigenvalue weighted by molar-refractivity contribution is 0.0600. The number of rotatable bonds is 5. The number of carbonyl (C=O) groups excluding carboxylic acids is 2. The molecule has 0 atom stereocenters. The maximum atomic E-state index is 12.3. The third-order valence-electron chi connectivity index (χ3n) is 3.33. The van der Waals surface area contributed by atoms with Crippen LogP contribution in [0.25, 0.3) is 0 Å². The molecule has 0 heterocycles. The number of anilines is 1. The van der Waals surface area contributed by atoms with Crippen LogP contribution in [0, 0.1) is 6.92 Å². The monoisotopic (exact) mass is 313 g/mol. The predicted octanol–water partition coefficient (Wildman–Crippen LogP) is 3.43. The molecule has 2 aromatic rings. The zero-order valence-corrected chi connectivity index (χ0v) is 13.4. The molecule has 2 rings (SSSR count). The lowest BCUT2D eigenvalue weighted by Crippen LogP contribution is -2.13. The van der Waals surface area contributed by atoms with Crippen LogP contribution in [0.5, 0.6) is 5.75 Å². The maximum Gasteiger partial charge on any atom is 0.337 e. The Kier molecular flexibility index (Phi) is 5.36. The molecule has 0 aliphatic rings. The van der Waals surface area contributed by atoms with Crippen LogP contribution in [0.1, 0.15) is 33.2 Å². The van der Waals surface area contributed by atoms with Gasteiger partial charge in [0.2, 0.25) is 0 Å². The van der Waals surface area contributed by atoms with Crippen molar-refractivity contribution in [2.45, 2.75) is 13.8 Å². The fourth-order valence-corrected chi connectivity index (χ4v) is 2.07. The Morgan fingerprint density at radius 2 is 1.70 bits per heavy atom. The second kappa shape index (κ2) is 7.45. The highest BCUT2D eigenvalue weighted by Crippen LogP contribution is 2.19. The van der Waals surface area contributed by atoms with E-state index in [1.807, 2.05) is 13.8 Å². The summed E-state index contributed by atoms with van der Waals surface area (Å²) in [7, 11) is 1.32. The molecular weight excluding hydrogens is 294 g/mol. The average molecular weight is 313 g/mol. The Morgan fingerprint density at radius 1 is 1.04 bits per heavy atom. The number of hydrogen-bond donors (Lipinski definition) is 1. The van der Waals surface area contributed by atoms with Crippen molar-refractivity contribution in [2.75, 3.05) is 19.0 Å². The molecule has 0 bridgehead atoms. The van der Waals surface area contributed by atoms with Gasteiger partial charge in [-0.3, -0.25) is 4.79 Å². The van der Waals surface area contributed by atoms with E-state index >= 15 is 0 Å². The standard InChI is InChI=1S/C18H19NO4/c1-4-23-15-9-7-13(8-10-15)17(20)19-16-11-14(18(21)22-3)6-5-12(16)2/h5-11H,4H2,1-3H3,(H,19,20). The van der Waals surface area contributed by atoms with Crippen molar-refractivity contribution in [3.8, 4) is 5.75 Å². The average Bonchev–Trinajstić information content (AvgIpc) is 2.57. The molecule has 1 N–H and O–H groups in total. The fraction of sp³-hybridized carbons (Fsp3) is 0.222. The van der Waals surface area contributed by atoms with Crippen LogP contribution in [0.4, 0.5) is 5.69 Å². The summed E-state index contributed by atoms with van der Waals surface area (Å²) in [5.41, 5.74) is 2.33. The number of ether oxygens (including phenoxy) is 2. The highest BCUT2D eigenvalue weighted by molar-refractivity contribution is 6.05. The second-order valence-electron chi connectivity index (χ2n) is 4.93. The molecule has 0 aromatic heterocycles. The van der Waals surface area contributed by atoms with E-state index in [9.17, 15) is 9.59 Å². The molecule has 0 spiro atoms. The van der Waals surface area contributed by atoms with Crippen molar-refractivity contribution in [3.63, 3.8) is 0 Å². The van der Waals surface area contributed by atoms with E-state index in [2.05, 4.69) is 5.32 Å². The lowest BCUT2D eigenvalue weighted by atomic mass is 10.1. The van der Waals surface area contributed by atoms with Gasteiger partial charge in [-0.1, -0.05) is 6.07 Å². The minimum Gasteiger partial charge on any atom is -0.494 e. The molecule has 0 radical (unpaired) electrons. The molecule has 1 amide bonds. The van der Waals surface area contributed by atoms with Gasteiger partial charge >= 0.3 is 5.97 Å². The van der Waals surface area contributed by atoms with E-state index < -0.39 is 5.97 Å². The summed E-state index contributed by atoms with van der Waals surface area (Å²) in [5.74, 6) is 0.0210. The molecular formula is C18H19NO4.